The number of H-pyrrole nitrogens is 1. The molecule has 4 amide bonds. The number of amides is 4. The number of hydrogen-bond donors (Lipinski definition) is 3. The van der Waals surface area contributed by atoms with Crippen LogP contribution in [-0.4, -0.2) is 54.0 Å². The zero-order chi connectivity index (χ0) is 22.5. The molecule has 0 saturated carbocycles. The minimum absolute atomic E-state index is 0.0797. The summed E-state index contributed by atoms with van der Waals surface area (Å²) in [6, 6.07) is 14.2. The van der Waals surface area contributed by atoms with Gasteiger partial charge in [-0.15, -0.1) is 0 Å². The van der Waals surface area contributed by atoms with Crippen LogP contribution in [0.5, 0.6) is 5.75 Å². The van der Waals surface area contributed by atoms with Crippen LogP contribution in [0.25, 0.3) is 10.9 Å². The molecule has 0 spiro atoms. The molecular formula is C24H26N4O4. The Balaban J connectivity index is 1.26. The fourth-order valence-corrected chi connectivity index (χ4v) is 4.00. The predicted octanol–water partition coefficient (Wildman–Crippen LogP) is 2.39. The van der Waals surface area contributed by atoms with E-state index >= 15 is 0 Å². The molecule has 4 rings (SSSR count). The normalized spacial score (nSPS) is 15.8. The zero-order valence-corrected chi connectivity index (χ0v) is 17.9. The zero-order valence-electron chi connectivity index (χ0n) is 17.9. The van der Waals surface area contributed by atoms with Crippen LogP contribution < -0.4 is 15.4 Å². The lowest BCUT2D eigenvalue weighted by Crippen LogP contribution is -2.37. The molecule has 1 saturated heterocycles. The second-order valence-electron chi connectivity index (χ2n) is 7.72. The Labute approximate surface area is 185 Å². The number of imide groups is 1. The second kappa shape index (κ2) is 9.55. The van der Waals surface area contributed by atoms with Crippen LogP contribution >= 0.6 is 0 Å². The van der Waals surface area contributed by atoms with Crippen LogP contribution in [0.3, 0.4) is 0 Å². The van der Waals surface area contributed by atoms with Gasteiger partial charge in [0.05, 0.1) is 13.5 Å². The Bertz CT molecular complexity index is 1140. The topological polar surface area (TPSA) is 104 Å². The number of carbonyl (C=O) groups is 3. The smallest absolute Gasteiger partial charge is 0.324 e. The molecule has 0 aliphatic carbocycles. The Morgan fingerprint density at radius 2 is 1.84 bits per heavy atom. The van der Waals surface area contributed by atoms with Crippen LogP contribution in [0.15, 0.2) is 54.7 Å². The van der Waals surface area contributed by atoms with Gasteiger partial charge in [0.15, 0.2) is 0 Å². The maximum Gasteiger partial charge on any atom is 0.324 e. The molecule has 1 atom stereocenters. The van der Waals surface area contributed by atoms with Gasteiger partial charge >= 0.3 is 6.03 Å². The molecule has 1 aliphatic rings. The summed E-state index contributed by atoms with van der Waals surface area (Å²) >= 11 is 0. The third-order valence-corrected chi connectivity index (χ3v) is 5.69. The fourth-order valence-electron chi connectivity index (χ4n) is 4.00. The molecule has 1 aliphatic heterocycles. The van der Waals surface area contributed by atoms with Gasteiger partial charge in [-0.05, 0) is 36.1 Å². The van der Waals surface area contributed by atoms with E-state index in [1.165, 1.54) is 0 Å². The van der Waals surface area contributed by atoms with Crippen molar-refractivity contribution in [1.82, 2.24) is 20.5 Å². The first-order valence-electron chi connectivity index (χ1n) is 10.6. The number of benzene rings is 2. The largest absolute Gasteiger partial charge is 0.496 e. The third kappa shape index (κ3) is 4.59. The van der Waals surface area contributed by atoms with Crippen LogP contribution in [-0.2, 0) is 22.4 Å². The highest BCUT2D eigenvalue weighted by molar-refractivity contribution is 6.05. The quantitative estimate of drug-likeness (QED) is 0.450. The van der Waals surface area contributed by atoms with Crippen molar-refractivity contribution in [3.8, 4) is 5.75 Å². The van der Waals surface area contributed by atoms with Crippen LogP contribution in [0.2, 0.25) is 0 Å². The molecule has 3 N–H and O–H groups in total. The number of methoxy groups -OCH3 is 1. The number of fused-ring (bicyclic) bond motifs is 1. The van der Waals surface area contributed by atoms with Gasteiger partial charge in [0.1, 0.15) is 11.8 Å². The third-order valence-electron chi connectivity index (χ3n) is 5.69. The van der Waals surface area contributed by atoms with Crippen LogP contribution in [0, 0.1) is 0 Å². The number of para-hydroxylation sites is 2. The molecule has 1 fully saturated rings. The van der Waals surface area contributed by atoms with Crippen molar-refractivity contribution in [3.63, 3.8) is 0 Å². The molecule has 0 radical (unpaired) electrons. The van der Waals surface area contributed by atoms with E-state index in [9.17, 15) is 14.4 Å². The molecule has 0 bridgehead atoms. The minimum atomic E-state index is -0.840. The molecule has 3 aromatic rings. The highest BCUT2D eigenvalue weighted by Gasteiger charge is 2.38. The molecule has 8 heteroatoms. The van der Waals surface area contributed by atoms with E-state index in [4.69, 9.17) is 4.74 Å². The average Bonchev–Trinajstić information content (AvgIpc) is 3.33. The summed E-state index contributed by atoms with van der Waals surface area (Å²) in [5.74, 6) is 0.0671. The summed E-state index contributed by atoms with van der Waals surface area (Å²) in [6.07, 6.45) is 3.01. The average molecular weight is 434 g/mol. The Morgan fingerprint density at radius 1 is 1.06 bits per heavy atom. The number of ether oxygens (including phenoxy) is 1. The summed E-state index contributed by atoms with van der Waals surface area (Å²) in [7, 11) is 1.58. The summed E-state index contributed by atoms with van der Waals surface area (Å²) in [6.45, 7) is 0.677. The van der Waals surface area contributed by atoms with Crippen molar-refractivity contribution in [1.29, 1.82) is 0 Å². The summed E-state index contributed by atoms with van der Waals surface area (Å²) in [5.41, 5.74) is 3.09. The van der Waals surface area contributed by atoms with Crippen LogP contribution in [0.4, 0.5) is 4.79 Å². The summed E-state index contributed by atoms with van der Waals surface area (Å²) in [5, 5.41) is 6.59. The summed E-state index contributed by atoms with van der Waals surface area (Å²) < 4.78 is 5.32. The fraction of sp³-hybridized carbons (Fsp3) is 0.292. The molecule has 2 heterocycles. The van der Waals surface area contributed by atoms with E-state index in [1.54, 1.807) is 7.11 Å². The SMILES string of the molecule is COc1ccccc1CCN1C(=O)N[C@H](CC(=O)NCCc2c[nH]c3ccccc23)C1=O. The maximum absolute atomic E-state index is 12.7. The van der Waals surface area contributed by atoms with E-state index in [0.29, 0.717) is 25.1 Å². The first kappa shape index (κ1) is 21.4. The summed E-state index contributed by atoms with van der Waals surface area (Å²) in [4.78, 5) is 41.7. The lowest BCUT2D eigenvalue weighted by molar-refractivity contribution is -0.130. The van der Waals surface area contributed by atoms with Gasteiger partial charge in [0, 0.05) is 30.2 Å². The number of urea groups is 1. The van der Waals surface area contributed by atoms with E-state index < -0.39 is 12.1 Å². The number of aromatic nitrogens is 1. The molecule has 32 heavy (non-hydrogen) atoms. The van der Waals surface area contributed by atoms with E-state index in [0.717, 1.165) is 26.9 Å². The van der Waals surface area contributed by atoms with Crippen LogP contribution in [0.1, 0.15) is 17.5 Å². The number of hydrogen-bond acceptors (Lipinski definition) is 4. The molecular weight excluding hydrogens is 408 g/mol. The molecule has 0 unspecified atom stereocenters. The van der Waals surface area contributed by atoms with Gasteiger partial charge < -0.3 is 20.4 Å². The van der Waals surface area contributed by atoms with Crippen molar-refractivity contribution in [2.24, 2.45) is 0 Å². The first-order chi connectivity index (χ1) is 15.6. The number of carbonyl (C=O) groups excluding carboxylic acids is 3. The lowest BCUT2D eigenvalue weighted by atomic mass is 10.1. The first-order valence-corrected chi connectivity index (χ1v) is 10.6. The van der Waals surface area contributed by atoms with Gasteiger partial charge in [0.25, 0.3) is 5.91 Å². The van der Waals surface area contributed by atoms with Crippen molar-refractivity contribution in [2.45, 2.75) is 25.3 Å². The maximum atomic E-state index is 12.7. The van der Waals surface area contributed by atoms with Gasteiger partial charge in [0.2, 0.25) is 5.91 Å². The van der Waals surface area contributed by atoms with Crippen molar-refractivity contribution in [2.75, 3.05) is 20.2 Å². The molecule has 2 aromatic carbocycles. The van der Waals surface area contributed by atoms with E-state index in [2.05, 4.69) is 15.6 Å². The number of nitrogens with one attached hydrogen (secondary N) is 3. The lowest BCUT2D eigenvalue weighted by Gasteiger charge is -2.14. The Hall–Kier alpha value is -3.81. The van der Waals surface area contributed by atoms with E-state index in [1.807, 2.05) is 54.7 Å². The molecule has 166 valence electrons. The monoisotopic (exact) mass is 434 g/mol. The second-order valence-corrected chi connectivity index (χ2v) is 7.72. The van der Waals surface area contributed by atoms with Crippen molar-refractivity contribution in [3.05, 3.63) is 65.9 Å². The van der Waals surface area contributed by atoms with E-state index in [-0.39, 0.29) is 24.8 Å². The number of rotatable bonds is 9. The van der Waals surface area contributed by atoms with Gasteiger partial charge in [-0.3, -0.25) is 14.5 Å². The van der Waals surface area contributed by atoms with Gasteiger partial charge in [-0.2, -0.15) is 0 Å². The predicted molar refractivity (Wildman–Crippen MR) is 120 cm³/mol. The Morgan fingerprint density at radius 3 is 2.69 bits per heavy atom. The molecule has 8 nitrogen and oxygen atoms in total. The number of nitrogens with zero attached hydrogens (tertiary/aromatic N) is 1. The molecule has 1 aromatic heterocycles. The minimum Gasteiger partial charge on any atom is -0.496 e. The number of aromatic amines is 1. The highest BCUT2D eigenvalue weighted by Crippen LogP contribution is 2.20. The van der Waals surface area contributed by atoms with Gasteiger partial charge in [-0.1, -0.05) is 36.4 Å². The van der Waals surface area contributed by atoms with Crippen molar-refractivity contribution < 1.29 is 19.1 Å². The highest BCUT2D eigenvalue weighted by atomic mass is 16.5. The Kier molecular flexibility index (Phi) is 6.39. The van der Waals surface area contributed by atoms with Crippen molar-refractivity contribution >= 4 is 28.7 Å². The standard InChI is InChI=1S/C24H26N4O4/c1-32-21-9-5-2-6-16(21)11-13-28-23(30)20(27-24(28)31)14-22(29)25-12-10-17-15-26-19-8-4-3-7-18(17)19/h2-9,15,20,26H,10-14H2,1H3,(H,25,29)(H,27,31)/t20-/m1/s1. The van der Waals surface area contributed by atoms with Gasteiger partial charge in [-0.25, -0.2) is 4.79 Å².